The number of piperazine rings is 1. The third-order valence-electron chi connectivity index (χ3n) is 5.30. The van der Waals surface area contributed by atoms with Crippen LogP contribution in [0.5, 0.6) is 5.75 Å². The number of unbranched alkanes of at least 4 members (excludes halogenated alkanes) is 1. The Bertz CT molecular complexity index is 824. The van der Waals surface area contributed by atoms with Gasteiger partial charge in [0.2, 0.25) is 11.8 Å². The monoisotopic (exact) mass is 448 g/mol. The summed E-state index contributed by atoms with van der Waals surface area (Å²) in [6.07, 6.45) is 1.89. The number of aliphatic carboxylic acids is 1. The smallest absolute Gasteiger partial charge is 0.323 e. The van der Waals surface area contributed by atoms with Crippen molar-refractivity contribution in [3.8, 4) is 5.75 Å². The summed E-state index contributed by atoms with van der Waals surface area (Å²) in [5.74, 6) is -1.12. The molecule has 1 saturated heterocycles. The van der Waals surface area contributed by atoms with E-state index in [9.17, 15) is 14.4 Å². The second-order valence-corrected chi connectivity index (χ2v) is 7.66. The Kier molecular flexibility index (Phi) is 9.26. The number of carbonyl (C=O) groups is 3. The fourth-order valence-corrected chi connectivity index (χ4v) is 3.68. The molecular weight excluding hydrogens is 416 g/mol. The third kappa shape index (κ3) is 7.12. The molecule has 0 radical (unpaired) electrons. The lowest BCUT2D eigenvalue weighted by Gasteiger charge is -2.41. The first-order valence-electron chi connectivity index (χ1n) is 10.5. The first-order valence-corrected chi connectivity index (χ1v) is 10.5. The van der Waals surface area contributed by atoms with Crippen molar-refractivity contribution >= 4 is 23.7 Å². The summed E-state index contributed by atoms with van der Waals surface area (Å²) in [7, 11) is 1.57. The summed E-state index contributed by atoms with van der Waals surface area (Å²) in [5.41, 5.74) is 17.7. The van der Waals surface area contributed by atoms with Gasteiger partial charge in [0.05, 0.1) is 13.2 Å². The summed E-state index contributed by atoms with van der Waals surface area (Å²) in [6, 6.07) is 5.66. The third-order valence-corrected chi connectivity index (χ3v) is 5.30. The van der Waals surface area contributed by atoms with Gasteiger partial charge < -0.3 is 36.8 Å². The van der Waals surface area contributed by atoms with Crippen LogP contribution >= 0.6 is 0 Å². The van der Waals surface area contributed by atoms with Crippen molar-refractivity contribution in [2.45, 2.75) is 37.8 Å². The molecule has 1 aromatic carbocycles. The molecule has 2 amide bonds. The zero-order valence-corrected chi connectivity index (χ0v) is 18.3. The quantitative estimate of drug-likeness (QED) is 0.192. The molecule has 0 unspecified atom stereocenters. The van der Waals surface area contributed by atoms with Crippen LogP contribution in [-0.2, 0) is 20.8 Å². The molecule has 0 aliphatic carbocycles. The summed E-state index contributed by atoms with van der Waals surface area (Å²) in [4.78, 5) is 43.8. The predicted molar refractivity (Wildman–Crippen MR) is 119 cm³/mol. The van der Waals surface area contributed by atoms with E-state index in [0.29, 0.717) is 38.0 Å². The number of carbonyl (C=O) groups excluding carboxylic acids is 2. The number of benzene rings is 1. The maximum Gasteiger partial charge on any atom is 0.323 e. The molecule has 32 heavy (non-hydrogen) atoms. The molecule has 0 saturated carbocycles. The van der Waals surface area contributed by atoms with Gasteiger partial charge in [0, 0.05) is 19.6 Å². The maximum atomic E-state index is 13.1. The topological polar surface area (TPSA) is 178 Å². The summed E-state index contributed by atoms with van der Waals surface area (Å²) < 4.78 is 5.14. The number of amides is 2. The van der Waals surface area contributed by atoms with Crippen molar-refractivity contribution in [1.29, 1.82) is 0 Å². The molecule has 1 aliphatic rings. The second-order valence-electron chi connectivity index (χ2n) is 7.66. The van der Waals surface area contributed by atoms with E-state index in [2.05, 4.69) is 4.99 Å². The van der Waals surface area contributed by atoms with Gasteiger partial charge in [0.1, 0.15) is 18.3 Å². The van der Waals surface area contributed by atoms with E-state index in [1.165, 1.54) is 9.80 Å². The SMILES string of the molecule is COc1ccc(C[C@H](N)C(=O)N2CCN(CC(=O)O)C(=O)[C@@H]2CCCCN=C(N)N)cc1. The van der Waals surface area contributed by atoms with Crippen LogP contribution in [0.1, 0.15) is 24.8 Å². The van der Waals surface area contributed by atoms with Gasteiger partial charge >= 0.3 is 5.97 Å². The first kappa shape index (κ1) is 24.9. The Morgan fingerprint density at radius 1 is 1.22 bits per heavy atom. The molecule has 0 spiro atoms. The largest absolute Gasteiger partial charge is 0.497 e. The van der Waals surface area contributed by atoms with Crippen molar-refractivity contribution in [3.63, 3.8) is 0 Å². The molecule has 7 N–H and O–H groups in total. The van der Waals surface area contributed by atoms with Crippen LogP contribution in [0.3, 0.4) is 0 Å². The number of nitrogens with zero attached hydrogens (tertiary/aromatic N) is 3. The Hall–Kier alpha value is -3.34. The number of carboxylic acid groups (broad SMARTS) is 1. The molecule has 2 rings (SSSR count). The highest BCUT2D eigenvalue weighted by molar-refractivity contribution is 5.92. The highest BCUT2D eigenvalue weighted by Gasteiger charge is 2.39. The molecule has 0 aromatic heterocycles. The molecule has 2 atom stereocenters. The number of nitrogens with two attached hydrogens (primary N) is 3. The lowest BCUT2D eigenvalue weighted by atomic mass is 10.00. The van der Waals surface area contributed by atoms with Crippen molar-refractivity contribution in [2.24, 2.45) is 22.2 Å². The van der Waals surface area contributed by atoms with Crippen LogP contribution in [0, 0.1) is 0 Å². The minimum atomic E-state index is -1.10. The number of ether oxygens (including phenoxy) is 1. The van der Waals surface area contributed by atoms with Crippen molar-refractivity contribution < 1.29 is 24.2 Å². The molecule has 1 aliphatic heterocycles. The number of carboxylic acids is 1. The zero-order valence-electron chi connectivity index (χ0n) is 18.3. The number of aliphatic imine (C=N–C) groups is 1. The Labute approximate surface area is 187 Å². The molecule has 1 fully saturated rings. The zero-order chi connectivity index (χ0) is 23.7. The van der Waals surface area contributed by atoms with Gasteiger partial charge in [-0.3, -0.25) is 19.4 Å². The number of hydrogen-bond acceptors (Lipinski definition) is 6. The lowest BCUT2D eigenvalue weighted by Crippen LogP contribution is -2.62. The van der Waals surface area contributed by atoms with Crippen LogP contribution in [0.4, 0.5) is 0 Å². The van der Waals surface area contributed by atoms with Crippen LogP contribution < -0.4 is 21.9 Å². The van der Waals surface area contributed by atoms with Gasteiger partial charge in [-0.25, -0.2) is 0 Å². The highest BCUT2D eigenvalue weighted by Crippen LogP contribution is 2.20. The van der Waals surface area contributed by atoms with E-state index in [4.69, 9.17) is 27.0 Å². The molecule has 11 heteroatoms. The fraction of sp³-hybridized carbons (Fsp3) is 0.524. The molecule has 176 valence electrons. The van der Waals surface area contributed by atoms with E-state index >= 15 is 0 Å². The van der Waals surface area contributed by atoms with E-state index in [-0.39, 0.29) is 30.9 Å². The highest BCUT2D eigenvalue weighted by atomic mass is 16.5. The van der Waals surface area contributed by atoms with Gasteiger partial charge in [-0.15, -0.1) is 0 Å². The second kappa shape index (κ2) is 11.9. The predicted octanol–water partition coefficient (Wildman–Crippen LogP) is -0.867. The van der Waals surface area contributed by atoms with E-state index in [0.717, 1.165) is 5.56 Å². The van der Waals surface area contributed by atoms with Crippen LogP contribution in [0.15, 0.2) is 29.3 Å². The molecule has 1 heterocycles. The average Bonchev–Trinajstić information content (AvgIpc) is 2.75. The van der Waals surface area contributed by atoms with Crippen molar-refractivity contribution in [1.82, 2.24) is 9.80 Å². The molecule has 0 bridgehead atoms. The van der Waals surface area contributed by atoms with Gasteiger partial charge in [-0.05, 0) is 43.4 Å². The van der Waals surface area contributed by atoms with Gasteiger partial charge in [-0.2, -0.15) is 0 Å². The van der Waals surface area contributed by atoms with Gasteiger partial charge in [-0.1, -0.05) is 12.1 Å². The lowest BCUT2D eigenvalue weighted by molar-refractivity contribution is -0.156. The number of methoxy groups -OCH3 is 1. The number of rotatable bonds is 11. The minimum absolute atomic E-state index is 0.00677. The summed E-state index contributed by atoms with van der Waals surface area (Å²) in [5, 5.41) is 9.09. The normalized spacial score (nSPS) is 17.1. The van der Waals surface area contributed by atoms with Crippen molar-refractivity contribution in [3.05, 3.63) is 29.8 Å². The first-order chi connectivity index (χ1) is 15.2. The minimum Gasteiger partial charge on any atom is -0.497 e. The Morgan fingerprint density at radius 2 is 1.91 bits per heavy atom. The summed E-state index contributed by atoms with van der Waals surface area (Å²) >= 11 is 0. The number of guanidine groups is 1. The molecule has 1 aromatic rings. The average molecular weight is 449 g/mol. The molecule has 11 nitrogen and oxygen atoms in total. The maximum absolute atomic E-state index is 13.1. The van der Waals surface area contributed by atoms with E-state index in [1.54, 1.807) is 19.2 Å². The van der Waals surface area contributed by atoms with E-state index in [1.807, 2.05) is 12.1 Å². The number of hydrogen-bond donors (Lipinski definition) is 4. The van der Waals surface area contributed by atoms with Gasteiger partial charge in [0.25, 0.3) is 0 Å². The Morgan fingerprint density at radius 3 is 2.50 bits per heavy atom. The van der Waals surface area contributed by atoms with Crippen LogP contribution in [0.25, 0.3) is 0 Å². The van der Waals surface area contributed by atoms with Crippen molar-refractivity contribution in [2.75, 3.05) is 33.3 Å². The van der Waals surface area contributed by atoms with Crippen LogP contribution in [0.2, 0.25) is 0 Å². The van der Waals surface area contributed by atoms with Crippen LogP contribution in [-0.4, -0.2) is 84.0 Å². The van der Waals surface area contributed by atoms with E-state index < -0.39 is 24.6 Å². The fourth-order valence-electron chi connectivity index (χ4n) is 3.68. The molecular formula is C21H32N6O5. The van der Waals surface area contributed by atoms with Gasteiger partial charge in [0.15, 0.2) is 5.96 Å². The Balaban J connectivity index is 2.07. The summed E-state index contributed by atoms with van der Waals surface area (Å²) in [6.45, 7) is 0.389. The standard InChI is InChI=1S/C21H32N6O5/c1-32-15-7-5-14(6-8-15)12-16(22)19(30)27-11-10-26(13-18(28)29)20(31)17(27)4-2-3-9-25-21(23)24/h5-8,16-17H,2-4,9-13,22H2,1H3,(H,28,29)(H4,23,24,25)/t16-,17-/m0/s1.